The molecule has 4 heteroatoms. The largest absolute Gasteiger partial charge is 0.325 e. The number of amides is 2. The van der Waals surface area contributed by atoms with Gasteiger partial charge in [0.2, 0.25) is 0 Å². The van der Waals surface area contributed by atoms with Crippen LogP contribution in [-0.4, -0.2) is 55.6 Å². The number of hydrogen-bond donors (Lipinski definition) is 1. The lowest BCUT2D eigenvalue weighted by molar-refractivity contribution is 0.141. The van der Waals surface area contributed by atoms with E-state index in [0.29, 0.717) is 5.92 Å². The Morgan fingerprint density at radius 2 is 1.82 bits per heavy atom. The first-order valence-electron chi connectivity index (χ1n) is 6.89. The van der Waals surface area contributed by atoms with Gasteiger partial charge in [-0.3, -0.25) is 0 Å². The molecule has 98 valence electrons. The molecule has 1 atom stereocenters. The molecule has 0 aliphatic carbocycles. The molecule has 0 bridgehead atoms. The van der Waals surface area contributed by atoms with Gasteiger partial charge in [-0.1, -0.05) is 6.92 Å². The van der Waals surface area contributed by atoms with Crippen LogP contribution in [0.15, 0.2) is 0 Å². The lowest BCUT2D eigenvalue weighted by Crippen LogP contribution is -2.45. The van der Waals surface area contributed by atoms with Gasteiger partial charge in [-0.2, -0.15) is 0 Å². The highest BCUT2D eigenvalue weighted by molar-refractivity contribution is 5.74. The Morgan fingerprint density at radius 1 is 1.18 bits per heavy atom. The lowest BCUT2D eigenvalue weighted by atomic mass is 10.00. The van der Waals surface area contributed by atoms with Crippen LogP contribution in [-0.2, 0) is 0 Å². The molecule has 2 amide bonds. The number of piperidine rings is 1. The highest BCUT2D eigenvalue weighted by atomic mass is 16.2. The highest BCUT2D eigenvalue weighted by Gasteiger charge is 2.30. The summed E-state index contributed by atoms with van der Waals surface area (Å²) in [6.45, 7) is 7.09. The van der Waals surface area contributed by atoms with E-state index in [1.807, 2.05) is 16.8 Å². The smallest absolute Gasteiger partial charge is 0.320 e. The number of urea groups is 1. The van der Waals surface area contributed by atoms with E-state index >= 15 is 0 Å². The van der Waals surface area contributed by atoms with E-state index in [1.165, 1.54) is 12.8 Å². The second-order valence-corrected chi connectivity index (χ2v) is 5.61. The fourth-order valence-corrected chi connectivity index (χ4v) is 2.86. The summed E-state index contributed by atoms with van der Waals surface area (Å²) in [6, 6.07) is 0.274. The van der Waals surface area contributed by atoms with Crippen molar-refractivity contribution in [2.75, 3.05) is 39.8 Å². The first-order valence-corrected chi connectivity index (χ1v) is 6.89. The third-order valence-electron chi connectivity index (χ3n) is 4.10. The molecular formula is C13H25N3O. The van der Waals surface area contributed by atoms with Crippen LogP contribution in [0.25, 0.3) is 0 Å². The van der Waals surface area contributed by atoms with Crippen LogP contribution >= 0.6 is 0 Å². The van der Waals surface area contributed by atoms with Crippen LogP contribution in [0.2, 0.25) is 0 Å². The van der Waals surface area contributed by atoms with Crippen LogP contribution in [0.1, 0.15) is 26.2 Å². The first kappa shape index (κ1) is 12.7. The van der Waals surface area contributed by atoms with Gasteiger partial charge < -0.3 is 15.1 Å². The van der Waals surface area contributed by atoms with Crippen molar-refractivity contribution in [2.24, 2.45) is 11.8 Å². The molecule has 2 rings (SSSR count). The molecule has 2 aliphatic heterocycles. The monoisotopic (exact) mass is 239 g/mol. The lowest BCUT2D eigenvalue weighted by Gasteiger charge is -2.33. The van der Waals surface area contributed by atoms with Gasteiger partial charge in [0, 0.05) is 26.2 Å². The average Bonchev–Trinajstić information content (AvgIpc) is 2.78. The van der Waals surface area contributed by atoms with Crippen molar-refractivity contribution < 1.29 is 4.79 Å². The van der Waals surface area contributed by atoms with Gasteiger partial charge in [-0.15, -0.1) is 0 Å². The molecule has 2 fully saturated rings. The Labute approximate surface area is 104 Å². The van der Waals surface area contributed by atoms with E-state index in [0.717, 1.165) is 45.1 Å². The highest BCUT2D eigenvalue weighted by Crippen LogP contribution is 2.21. The first-order chi connectivity index (χ1) is 8.20. The van der Waals surface area contributed by atoms with Crippen LogP contribution in [0.3, 0.4) is 0 Å². The molecule has 0 spiro atoms. The van der Waals surface area contributed by atoms with Gasteiger partial charge in [0.05, 0.1) is 0 Å². The average molecular weight is 239 g/mol. The standard InChI is InChI=1S/C13H25N3O/c1-11-3-6-15(7-4-11)13(17)16-8-5-12(10-16)9-14-2/h11-12,14H,3-10H2,1-2H3. The van der Waals surface area contributed by atoms with Crippen molar-refractivity contribution in [3.05, 3.63) is 0 Å². The van der Waals surface area contributed by atoms with Gasteiger partial charge >= 0.3 is 6.03 Å². The predicted molar refractivity (Wildman–Crippen MR) is 69.0 cm³/mol. The summed E-state index contributed by atoms with van der Waals surface area (Å²) in [6.07, 6.45) is 3.48. The van der Waals surface area contributed by atoms with Crippen LogP contribution < -0.4 is 5.32 Å². The molecule has 2 saturated heterocycles. The second kappa shape index (κ2) is 5.71. The number of carbonyl (C=O) groups excluding carboxylic acids is 1. The zero-order chi connectivity index (χ0) is 12.3. The van der Waals surface area contributed by atoms with Crippen molar-refractivity contribution in [3.8, 4) is 0 Å². The minimum Gasteiger partial charge on any atom is -0.325 e. The van der Waals surface area contributed by atoms with Crippen molar-refractivity contribution in [1.29, 1.82) is 0 Å². The molecule has 0 aromatic rings. The Balaban J connectivity index is 1.80. The minimum absolute atomic E-state index is 0.274. The molecule has 0 saturated carbocycles. The number of likely N-dealkylation sites (tertiary alicyclic amines) is 2. The summed E-state index contributed by atoms with van der Waals surface area (Å²) in [5.74, 6) is 1.43. The number of nitrogens with zero attached hydrogens (tertiary/aromatic N) is 2. The Hall–Kier alpha value is -0.770. The number of hydrogen-bond acceptors (Lipinski definition) is 2. The van der Waals surface area contributed by atoms with Gasteiger partial charge in [0.25, 0.3) is 0 Å². The van der Waals surface area contributed by atoms with Crippen LogP contribution in [0.4, 0.5) is 4.79 Å². The molecule has 1 N–H and O–H groups in total. The van der Waals surface area contributed by atoms with E-state index in [2.05, 4.69) is 12.2 Å². The summed E-state index contributed by atoms with van der Waals surface area (Å²) in [4.78, 5) is 16.4. The van der Waals surface area contributed by atoms with Crippen LogP contribution in [0, 0.1) is 11.8 Å². The molecular weight excluding hydrogens is 214 g/mol. The third-order valence-corrected chi connectivity index (χ3v) is 4.10. The predicted octanol–water partition coefficient (Wildman–Crippen LogP) is 1.38. The summed E-state index contributed by atoms with van der Waals surface area (Å²) >= 11 is 0. The SMILES string of the molecule is CNCC1CCN(C(=O)N2CCC(C)CC2)C1. The quantitative estimate of drug-likeness (QED) is 0.790. The molecule has 4 nitrogen and oxygen atoms in total. The minimum atomic E-state index is 0.274. The number of carbonyl (C=O) groups is 1. The Kier molecular flexibility index (Phi) is 4.26. The summed E-state index contributed by atoms with van der Waals surface area (Å²) in [5, 5.41) is 3.20. The zero-order valence-corrected chi connectivity index (χ0v) is 11.1. The second-order valence-electron chi connectivity index (χ2n) is 5.61. The molecule has 2 heterocycles. The van der Waals surface area contributed by atoms with E-state index in [9.17, 15) is 4.79 Å². The zero-order valence-electron chi connectivity index (χ0n) is 11.1. The van der Waals surface area contributed by atoms with Gasteiger partial charge in [-0.25, -0.2) is 4.79 Å². The molecule has 0 aromatic heterocycles. The normalized spacial score (nSPS) is 26.6. The number of nitrogens with one attached hydrogen (secondary N) is 1. The number of rotatable bonds is 2. The van der Waals surface area contributed by atoms with Crippen molar-refractivity contribution in [3.63, 3.8) is 0 Å². The summed E-state index contributed by atoms with van der Waals surface area (Å²) in [5.41, 5.74) is 0. The van der Waals surface area contributed by atoms with E-state index in [-0.39, 0.29) is 6.03 Å². The summed E-state index contributed by atoms with van der Waals surface area (Å²) in [7, 11) is 1.98. The van der Waals surface area contributed by atoms with Crippen molar-refractivity contribution >= 4 is 6.03 Å². The van der Waals surface area contributed by atoms with Gasteiger partial charge in [0.1, 0.15) is 0 Å². The maximum absolute atomic E-state index is 12.3. The Morgan fingerprint density at radius 3 is 2.47 bits per heavy atom. The van der Waals surface area contributed by atoms with E-state index < -0.39 is 0 Å². The third kappa shape index (κ3) is 3.12. The summed E-state index contributed by atoms with van der Waals surface area (Å²) < 4.78 is 0. The molecule has 0 radical (unpaired) electrons. The maximum atomic E-state index is 12.3. The van der Waals surface area contributed by atoms with Crippen LogP contribution in [0.5, 0.6) is 0 Å². The van der Waals surface area contributed by atoms with E-state index in [4.69, 9.17) is 0 Å². The maximum Gasteiger partial charge on any atom is 0.320 e. The van der Waals surface area contributed by atoms with Crippen molar-refractivity contribution in [1.82, 2.24) is 15.1 Å². The van der Waals surface area contributed by atoms with E-state index in [1.54, 1.807) is 0 Å². The molecule has 17 heavy (non-hydrogen) atoms. The van der Waals surface area contributed by atoms with Gasteiger partial charge in [-0.05, 0) is 44.7 Å². The molecule has 1 unspecified atom stereocenters. The fraction of sp³-hybridized carbons (Fsp3) is 0.923. The molecule has 0 aromatic carbocycles. The van der Waals surface area contributed by atoms with Crippen molar-refractivity contribution in [2.45, 2.75) is 26.2 Å². The topological polar surface area (TPSA) is 35.6 Å². The van der Waals surface area contributed by atoms with Gasteiger partial charge in [0.15, 0.2) is 0 Å². The molecule has 2 aliphatic rings. The Bertz CT molecular complexity index is 261. The fourth-order valence-electron chi connectivity index (χ4n) is 2.86.